The van der Waals surface area contributed by atoms with Crippen molar-refractivity contribution in [2.24, 2.45) is 0 Å². The van der Waals surface area contributed by atoms with Crippen LogP contribution in [0.4, 0.5) is 13.2 Å². The predicted octanol–water partition coefficient (Wildman–Crippen LogP) is 1.32. The Morgan fingerprint density at radius 2 is 1.55 bits per heavy atom. The molecule has 0 bridgehead atoms. The number of benzene rings is 2. The Hall–Kier alpha value is -0.720. The quantitative estimate of drug-likeness (QED) is 0.601. The SMILES string of the molecule is O=C(c1cc(Cl)c([O-])c(Cl)c1)c1ccccc1C(F)(F)F.[Na+]. The third-order valence-electron chi connectivity index (χ3n) is 2.74. The second kappa shape index (κ2) is 7.23. The summed E-state index contributed by atoms with van der Waals surface area (Å²) in [6.45, 7) is 0. The second-order valence-corrected chi connectivity index (χ2v) is 4.96. The molecule has 22 heavy (non-hydrogen) atoms. The van der Waals surface area contributed by atoms with E-state index in [1.54, 1.807) is 0 Å². The summed E-state index contributed by atoms with van der Waals surface area (Å²) in [5.41, 5.74) is -1.77. The van der Waals surface area contributed by atoms with Crippen LogP contribution in [-0.2, 0) is 6.18 Å². The fraction of sp³-hybridized carbons (Fsp3) is 0.0714. The molecule has 0 amide bonds. The zero-order chi connectivity index (χ0) is 15.8. The smallest absolute Gasteiger partial charge is 0.870 e. The molecule has 2 aromatic rings. The van der Waals surface area contributed by atoms with Crippen LogP contribution in [-0.4, -0.2) is 5.78 Å². The van der Waals surface area contributed by atoms with Crippen molar-refractivity contribution in [3.63, 3.8) is 0 Å². The number of rotatable bonds is 2. The molecule has 0 aliphatic carbocycles. The van der Waals surface area contributed by atoms with Gasteiger partial charge in [-0.3, -0.25) is 4.79 Å². The molecule has 0 atom stereocenters. The molecule has 2 aromatic carbocycles. The maximum atomic E-state index is 12.9. The maximum Gasteiger partial charge on any atom is 1.00 e. The molecule has 0 fully saturated rings. The molecule has 110 valence electrons. The predicted molar refractivity (Wildman–Crippen MR) is 70.8 cm³/mol. The van der Waals surface area contributed by atoms with Gasteiger partial charge in [0.2, 0.25) is 0 Å². The van der Waals surface area contributed by atoms with Crippen molar-refractivity contribution >= 4 is 29.0 Å². The Kier molecular flexibility index (Phi) is 6.36. The monoisotopic (exact) mass is 356 g/mol. The van der Waals surface area contributed by atoms with Crippen molar-refractivity contribution in [2.75, 3.05) is 0 Å². The minimum atomic E-state index is -4.67. The Morgan fingerprint density at radius 3 is 2.05 bits per heavy atom. The molecular formula is C14H6Cl2F3NaO2. The van der Waals surface area contributed by atoms with Crippen molar-refractivity contribution in [1.29, 1.82) is 0 Å². The van der Waals surface area contributed by atoms with E-state index in [0.29, 0.717) is 0 Å². The Labute approximate surface area is 156 Å². The van der Waals surface area contributed by atoms with Gasteiger partial charge in [-0.25, -0.2) is 0 Å². The van der Waals surface area contributed by atoms with E-state index in [4.69, 9.17) is 23.2 Å². The molecule has 0 saturated carbocycles. The molecule has 2 rings (SSSR count). The first-order chi connectivity index (χ1) is 9.71. The number of hydrogen-bond donors (Lipinski definition) is 0. The average Bonchev–Trinajstić information content (AvgIpc) is 2.42. The van der Waals surface area contributed by atoms with Gasteiger partial charge in [-0.1, -0.05) is 47.2 Å². The number of hydrogen-bond acceptors (Lipinski definition) is 2. The Morgan fingerprint density at radius 1 is 1.05 bits per heavy atom. The topological polar surface area (TPSA) is 40.1 Å². The fourth-order valence-electron chi connectivity index (χ4n) is 1.77. The van der Waals surface area contributed by atoms with E-state index in [2.05, 4.69) is 0 Å². The Bertz CT molecular complexity index is 694. The maximum absolute atomic E-state index is 12.9. The zero-order valence-corrected chi connectivity index (χ0v) is 14.7. The van der Waals surface area contributed by atoms with Gasteiger partial charge in [-0.05, 0) is 18.2 Å². The average molecular weight is 357 g/mol. The standard InChI is InChI=1S/C14H7Cl2F3O2.Na/c15-10-5-7(6-11(16)13(10)21)12(20)8-3-1-2-4-9(8)14(17,18)19;/h1-6,21H;/q;+1/p-1. The first kappa shape index (κ1) is 19.3. The van der Waals surface area contributed by atoms with Crippen molar-refractivity contribution < 1.29 is 52.6 Å². The zero-order valence-electron chi connectivity index (χ0n) is 11.2. The minimum absolute atomic E-state index is 0. The first-order valence-electron chi connectivity index (χ1n) is 5.59. The summed E-state index contributed by atoms with van der Waals surface area (Å²) in [5, 5.41) is 10.7. The molecule has 0 N–H and O–H groups in total. The van der Waals surface area contributed by atoms with Gasteiger partial charge in [0.25, 0.3) is 0 Å². The summed E-state index contributed by atoms with van der Waals surface area (Å²) >= 11 is 11.2. The number of carbonyl (C=O) groups excluding carboxylic acids is 1. The summed E-state index contributed by atoms with van der Waals surface area (Å²) < 4.78 is 38.7. The van der Waals surface area contributed by atoms with Gasteiger partial charge in [0.1, 0.15) is 0 Å². The van der Waals surface area contributed by atoms with E-state index in [0.717, 1.165) is 24.3 Å². The van der Waals surface area contributed by atoms with E-state index in [1.165, 1.54) is 12.1 Å². The van der Waals surface area contributed by atoms with Gasteiger partial charge < -0.3 is 5.11 Å². The first-order valence-corrected chi connectivity index (χ1v) is 6.34. The number of alkyl halides is 3. The molecule has 0 unspecified atom stereocenters. The molecule has 0 aliphatic heterocycles. The molecule has 0 spiro atoms. The third kappa shape index (κ3) is 3.97. The molecule has 0 saturated heterocycles. The van der Waals surface area contributed by atoms with Crippen LogP contribution in [0.25, 0.3) is 0 Å². The fourth-order valence-corrected chi connectivity index (χ4v) is 2.26. The molecule has 0 heterocycles. The van der Waals surface area contributed by atoms with Crippen LogP contribution >= 0.6 is 23.2 Å². The third-order valence-corrected chi connectivity index (χ3v) is 3.30. The summed E-state index contributed by atoms with van der Waals surface area (Å²) in [6, 6.07) is 6.36. The van der Waals surface area contributed by atoms with E-state index >= 15 is 0 Å². The van der Waals surface area contributed by atoms with Gasteiger partial charge in [-0.2, -0.15) is 13.2 Å². The molecular weight excluding hydrogens is 351 g/mol. The van der Waals surface area contributed by atoms with Gasteiger partial charge in [-0.15, -0.1) is 0 Å². The van der Waals surface area contributed by atoms with Gasteiger partial charge >= 0.3 is 35.7 Å². The normalized spacial score (nSPS) is 11.0. The van der Waals surface area contributed by atoms with Crippen molar-refractivity contribution in [1.82, 2.24) is 0 Å². The molecule has 8 heteroatoms. The van der Waals surface area contributed by atoms with E-state index in [9.17, 15) is 23.1 Å². The summed E-state index contributed by atoms with van der Waals surface area (Å²) in [7, 11) is 0. The van der Waals surface area contributed by atoms with E-state index < -0.39 is 28.8 Å². The molecule has 0 aliphatic rings. The summed E-state index contributed by atoms with van der Waals surface area (Å²) in [5.74, 6) is -1.59. The van der Waals surface area contributed by atoms with Gasteiger partial charge in [0, 0.05) is 21.2 Å². The summed E-state index contributed by atoms with van der Waals surface area (Å²) in [4.78, 5) is 12.2. The van der Waals surface area contributed by atoms with Crippen LogP contribution in [0.3, 0.4) is 0 Å². The van der Waals surface area contributed by atoms with Gasteiger partial charge in [0.05, 0.1) is 5.56 Å². The minimum Gasteiger partial charge on any atom is -0.870 e. The van der Waals surface area contributed by atoms with Gasteiger partial charge in [0.15, 0.2) is 5.78 Å². The van der Waals surface area contributed by atoms with Crippen LogP contribution in [0.5, 0.6) is 5.75 Å². The van der Waals surface area contributed by atoms with Crippen LogP contribution in [0.2, 0.25) is 10.0 Å². The molecule has 2 nitrogen and oxygen atoms in total. The van der Waals surface area contributed by atoms with Crippen LogP contribution < -0.4 is 34.7 Å². The van der Waals surface area contributed by atoms with Crippen molar-refractivity contribution in [3.8, 4) is 5.75 Å². The largest absolute Gasteiger partial charge is 1.00 e. The number of carbonyl (C=O) groups is 1. The number of halogens is 5. The molecule has 0 radical (unpaired) electrons. The van der Waals surface area contributed by atoms with Crippen molar-refractivity contribution in [3.05, 3.63) is 63.1 Å². The summed E-state index contributed by atoms with van der Waals surface area (Å²) in [6.07, 6.45) is -4.67. The van der Waals surface area contributed by atoms with Crippen LogP contribution in [0, 0.1) is 0 Å². The van der Waals surface area contributed by atoms with E-state index in [1.807, 2.05) is 0 Å². The van der Waals surface area contributed by atoms with Crippen molar-refractivity contribution in [2.45, 2.75) is 6.18 Å². The number of ketones is 1. The van der Waals surface area contributed by atoms with E-state index in [-0.39, 0.29) is 45.2 Å². The Balaban J connectivity index is 0.00000242. The van der Waals surface area contributed by atoms with Crippen LogP contribution in [0.15, 0.2) is 36.4 Å². The van der Waals surface area contributed by atoms with Crippen LogP contribution in [0.1, 0.15) is 21.5 Å². The second-order valence-electron chi connectivity index (χ2n) is 4.14. The molecule has 0 aromatic heterocycles.